The fraction of sp³-hybridized carbons (Fsp3) is 0.545. The fourth-order valence-electron chi connectivity index (χ4n) is 1.28. The fourth-order valence-corrected chi connectivity index (χ4v) is 1.28. The maximum atomic E-state index is 6.09. The zero-order valence-electron chi connectivity index (χ0n) is 9.24. The summed E-state index contributed by atoms with van der Waals surface area (Å²) in [4.78, 5) is 4.12. The molecule has 0 bridgehead atoms. The first-order chi connectivity index (χ1) is 6.47. The monoisotopic (exact) mass is 194 g/mol. The third kappa shape index (κ3) is 2.30. The van der Waals surface area contributed by atoms with Crippen LogP contribution in [0.15, 0.2) is 18.5 Å². The molecule has 1 rings (SSSR count). The molecule has 0 saturated heterocycles. The highest BCUT2D eigenvalue weighted by molar-refractivity contribution is 5.22. The maximum Gasteiger partial charge on any atom is 0.0815 e. The van der Waals surface area contributed by atoms with E-state index in [1.807, 2.05) is 33.0 Å². The van der Waals surface area contributed by atoms with Crippen LogP contribution in [0.2, 0.25) is 0 Å². The highest BCUT2D eigenvalue weighted by Crippen LogP contribution is 2.25. The van der Waals surface area contributed by atoms with Gasteiger partial charge in [-0.15, -0.1) is 0 Å². The number of hydrogen-bond acceptors (Lipinski definition) is 3. The van der Waals surface area contributed by atoms with Crippen molar-refractivity contribution in [1.29, 1.82) is 0 Å². The van der Waals surface area contributed by atoms with Crippen molar-refractivity contribution >= 4 is 0 Å². The summed E-state index contributed by atoms with van der Waals surface area (Å²) in [6.07, 6.45) is 3.61. The Hall–Kier alpha value is -0.930. The molecule has 1 heterocycles. The van der Waals surface area contributed by atoms with Crippen LogP contribution in [0.5, 0.6) is 0 Å². The van der Waals surface area contributed by atoms with Gasteiger partial charge in [0.15, 0.2) is 0 Å². The van der Waals surface area contributed by atoms with E-state index in [1.54, 1.807) is 13.3 Å². The molecule has 3 heteroatoms. The highest BCUT2D eigenvalue weighted by Gasteiger charge is 2.27. The summed E-state index contributed by atoms with van der Waals surface area (Å²) in [6, 6.07) is 1.89. The van der Waals surface area contributed by atoms with E-state index >= 15 is 0 Å². The highest BCUT2D eigenvalue weighted by atomic mass is 16.5. The Bertz CT molecular complexity index is 310. The Balaban J connectivity index is 2.94. The number of aromatic nitrogens is 1. The van der Waals surface area contributed by atoms with E-state index in [4.69, 9.17) is 10.5 Å². The number of aryl methyl sites for hydroxylation is 1. The second-order valence-corrected chi connectivity index (χ2v) is 4.08. The van der Waals surface area contributed by atoms with E-state index in [0.29, 0.717) is 0 Å². The van der Waals surface area contributed by atoms with Crippen molar-refractivity contribution in [3.05, 3.63) is 29.6 Å². The van der Waals surface area contributed by atoms with Crippen LogP contribution in [0.3, 0.4) is 0 Å². The normalized spacial score (nSPS) is 14.1. The molecule has 1 aromatic rings. The number of pyridine rings is 1. The summed E-state index contributed by atoms with van der Waals surface area (Å²) in [7, 11) is 1.67. The first kappa shape index (κ1) is 11.1. The van der Waals surface area contributed by atoms with Crippen LogP contribution in [0, 0.1) is 6.92 Å². The van der Waals surface area contributed by atoms with Crippen LogP contribution >= 0.6 is 0 Å². The summed E-state index contributed by atoms with van der Waals surface area (Å²) in [5.74, 6) is 0. The zero-order valence-corrected chi connectivity index (χ0v) is 9.24. The first-order valence-corrected chi connectivity index (χ1v) is 4.69. The summed E-state index contributed by atoms with van der Waals surface area (Å²) >= 11 is 0. The average Bonchev–Trinajstić information content (AvgIpc) is 2.16. The number of nitrogens with zero attached hydrogens (tertiary/aromatic N) is 1. The van der Waals surface area contributed by atoms with E-state index in [-0.39, 0.29) is 11.6 Å². The van der Waals surface area contributed by atoms with E-state index in [2.05, 4.69) is 4.98 Å². The number of methoxy groups -OCH3 is 1. The van der Waals surface area contributed by atoms with Gasteiger partial charge in [0, 0.05) is 19.5 Å². The van der Waals surface area contributed by atoms with Gasteiger partial charge in [0.2, 0.25) is 0 Å². The summed E-state index contributed by atoms with van der Waals surface area (Å²) in [5, 5.41) is 0. The molecule has 0 spiro atoms. The van der Waals surface area contributed by atoms with Crippen LogP contribution in [-0.4, -0.2) is 17.7 Å². The van der Waals surface area contributed by atoms with Gasteiger partial charge in [0.05, 0.1) is 11.6 Å². The minimum atomic E-state index is -0.366. The number of rotatable bonds is 3. The molecular formula is C11H18N2O. The molecule has 0 aliphatic carbocycles. The third-order valence-corrected chi connectivity index (χ3v) is 2.53. The Kier molecular flexibility index (Phi) is 3.24. The molecule has 0 amide bonds. The lowest BCUT2D eigenvalue weighted by Gasteiger charge is -2.30. The van der Waals surface area contributed by atoms with Crippen LogP contribution in [0.4, 0.5) is 0 Å². The minimum absolute atomic E-state index is 0.153. The van der Waals surface area contributed by atoms with Gasteiger partial charge >= 0.3 is 0 Å². The van der Waals surface area contributed by atoms with Crippen molar-refractivity contribution < 1.29 is 4.74 Å². The number of hydrogen-bond donors (Lipinski definition) is 1. The van der Waals surface area contributed by atoms with Gasteiger partial charge in [0.1, 0.15) is 0 Å². The van der Waals surface area contributed by atoms with E-state index in [9.17, 15) is 0 Å². The van der Waals surface area contributed by atoms with Gasteiger partial charge in [-0.25, -0.2) is 0 Å². The molecule has 3 nitrogen and oxygen atoms in total. The summed E-state index contributed by atoms with van der Waals surface area (Å²) in [6.45, 7) is 5.95. The van der Waals surface area contributed by atoms with Gasteiger partial charge in [0.25, 0.3) is 0 Å². The van der Waals surface area contributed by atoms with Crippen molar-refractivity contribution in [2.24, 2.45) is 5.73 Å². The van der Waals surface area contributed by atoms with Crippen LogP contribution in [-0.2, 0) is 4.74 Å². The summed E-state index contributed by atoms with van der Waals surface area (Å²) in [5.41, 5.74) is 7.85. The second-order valence-electron chi connectivity index (χ2n) is 4.08. The first-order valence-electron chi connectivity index (χ1n) is 4.69. The predicted octanol–water partition coefficient (Wildman–Crippen LogP) is 1.81. The van der Waals surface area contributed by atoms with Gasteiger partial charge in [-0.05, 0) is 31.9 Å². The smallest absolute Gasteiger partial charge is 0.0815 e. The molecule has 0 aliphatic heterocycles. The van der Waals surface area contributed by atoms with Crippen LogP contribution in [0.1, 0.15) is 31.0 Å². The molecule has 1 unspecified atom stereocenters. The molecule has 1 atom stereocenters. The van der Waals surface area contributed by atoms with Crippen molar-refractivity contribution in [3.63, 3.8) is 0 Å². The molecule has 14 heavy (non-hydrogen) atoms. The van der Waals surface area contributed by atoms with Crippen molar-refractivity contribution in [2.75, 3.05) is 7.11 Å². The standard InChI is InChI=1S/C11H18N2O/c1-8-5-9(7-13-6-8)10(12)11(2,3)14-4/h5-7,10H,12H2,1-4H3. The summed E-state index contributed by atoms with van der Waals surface area (Å²) < 4.78 is 5.34. The lowest BCUT2D eigenvalue weighted by atomic mass is 9.93. The molecule has 0 aliphatic rings. The molecule has 1 aromatic heterocycles. The average molecular weight is 194 g/mol. The van der Waals surface area contributed by atoms with E-state index in [0.717, 1.165) is 11.1 Å². The third-order valence-electron chi connectivity index (χ3n) is 2.53. The molecule has 0 radical (unpaired) electrons. The lowest BCUT2D eigenvalue weighted by molar-refractivity contribution is -0.000122. The van der Waals surface area contributed by atoms with Gasteiger partial charge < -0.3 is 10.5 Å². The van der Waals surface area contributed by atoms with E-state index < -0.39 is 0 Å². The quantitative estimate of drug-likeness (QED) is 0.798. The van der Waals surface area contributed by atoms with E-state index in [1.165, 1.54) is 0 Å². The van der Waals surface area contributed by atoms with Crippen LogP contribution in [0.25, 0.3) is 0 Å². The Labute approximate surface area is 85.3 Å². The largest absolute Gasteiger partial charge is 0.377 e. The second kappa shape index (κ2) is 4.07. The van der Waals surface area contributed by atoms with Gasteiger partial charge in [-0.2, -0.15) is 0 Å². The molecule has 78 valence electrons. The van der Waals surface area contributed by atoms with Crippen LogP contribution < -0.4 is 5.73 Å². The molecular weight excluding hydrogens is 176 g/mol. The molecule has 2 N–H and O–H groups in total. The predicted molar refractivity (Wildman–Crippen MR) is 57.0 cm³/mol. The van der Waals surface area contributed by atoms with Gasteiger partial charge in [-0.3, -0.25) is 4.98 Å². The lowest BCUT2D eigenvalue weighted by Crippen LogP contribution is -2.37. The van der Waals surface area contributed by atoms with Crippen molar-refractivity contribution in [3.8, 4) is 0 Å². The number of ether oxygens (including phenoxy) is 1. The minimum Gasteiger partial charge on any atom is -0.377 e. The van der Waals surface area contributed by atoms with Crippen molar-refractivity contribution in [1.82, 2.24) is 4.98 Å². The Morgan fingerprint density at radius 3 is 2.57 bits per heavy atom. The topological polar surface area (TPSA) is 48.1 Å². The SMILES string of the molecule is COC(C)(C)C(N)c1cncc(C)c1. The Morgan fingerprint density at radius 1 is 1.43 bits per heavy atom. The van der Waals surface area contributed by atoms with Gasteiger partial charge in [-0.1, -0.05) is 6.07 Å². The molecule has 0 aromatic carbocycles. The molecule has 0 saturated carbocycles. The number of nitrogens with two attached hydrogens (primary N) is 1. The Morgan fingerprint density at radius 2 is 2.07 bits per heavy atom. The zero-order chi connectivity index (χ0) is 10.8. The van der Waals surface area contributed by atoms with Crippen molar-refractivity contribution in [2.45, 2.75) is 32.4 Å². The maximum absolute atomic E-state index is 6.09. The molecule has 0 fully saturated rings.